The zero-order valence-electron chi connectivity index (χ0n) is 65.4. The van der Waals surface area contributed by atoms with Gasteiger partial charge >= 0.3 is 0 Å². The van der Waals surface area contributed by atoms with Crippen molar-refractivity contribution in [3.63, 3.8) is 0 Å². The van der Waals surface area contributed by atoms with E-state index >= 15 is 0 Å². The van der Waals surface area contributed by atoms with Gasteiger partial charge in [-0.15, -0.1) is 0 Å². The van der Waals surface area contributed by atoms with Gasteiger partial charge in [-0.25, -0.2) is 0 Å². The van der Waals surface area contributed by atoms with Crippen LogP contribution in [-0.4, -0.2) is 0 Å². The largest absolute Gasteiger partial charge is 0.356 e. The highest BCUT2D eigenvalue weighted by Gasteiger charge is 2.19. The monoisotopic (exact) mass is 1580 g/mol. The van der Waals surface area contributed by atoms with Crippen molar-refractivity contribution in [2.24, 2.45) is 0 Å². The number of nitrogens with zero attached hydrogens (tertiary/aromatic N) is 1. The van der Waals surface area contributed by atoms with Crippen LogP contribution in [-0.2, 0) is 0 Å². The first kappa shape index (κ1) is 72.9. The minimum Gasteiger partial charge on any atom is -0.356 e. The van der Waals surface area contributed by atoms with E-state index < -0.39 is 0 Å². The van der Waals surface area contributed by atoms with Crippen LogP contribution < -0.4 is 10.2 Å². The molecule has 0 unspecified atom stereocenters. The maximum atomic E-state index is 3.59. The van der Waals surface area contributed by atoms with Gasteiger partial charge in [0.15, 0.2) is 0 Å². The summed E-state index contributed by atoms with van der Waals surface area (Å²) >= 11 is 3.48. The summed E-state index contributed by atoms with van der Waals surface area (Å²) in [5, 5.41) is 24.0. The van der Waals surface area contributed by atoms with Crippen molar-refractivity contribution in [2.75, 3.05) is 10.2 Å². The summed E-state index contributed by atoms with van der Waals surface area (Å²) in [4.78, 5) is 2.37. The van der Waals surface area contributed by atoms with E-state index in [9.17, 15) is 0 Å². The Balaban J connectivity index is 0.000000130. The van der Waals surface area contributed by atoms with Gasteiger partial charge in [-0.2, -0.15) is 0 Å². The van der Waals surface area contributed by atoms with Gasteiger partial charge in [-0.05, 0) is 272 Å². The Kier molecular flexibility index (Phi) is 20.0. The van der Waals surface area contributed by atoms with E-state index in [2.05, 4.69) is 493 Å². The molecule has 0 aliphatic rings. The van der Waals surface area contributed by atoms with Gasteiger partial charge in [0.05, 0.1) is 0 Å². The zero-order valence-corrected chi connectivity index (χ0v) is 66.9. The Labute approximate surface area is 702 Å². The molecule has 0 aliphatic heterocycles. The third-order valence-corrected chi connectivity index (χ3v) is 23.8. The van der Waals surface area contributed by atoms with Crippen LogP contribution in [0.1, 0.15) is 0 Å². The van der Waals surface area contributed by atoms with E-state index in [0.717, 1.165) is 32.9 Å². The molecule has 22 rings (SSSR count). The normalized spacial score (nSPS) is 11.2. The Bertz CT molecular complexity index is 7130. The van der Waals surface area contributed by atoms with Crippen LogP contribution in [0.25, 0.3) is 175 Å². The van der Waals surface area contributed by atoms with E-state index in [4.69, 9.17) is 0 Å². The number of nitrogens with one attached hydrogen (secondary N) is 1. The number of halogens is 1. The molecule has 0 aromatic heterocycles. The quantitative estimate of drug-likeness (QED) is 0.116. The van der Waals surface area contributed by atoms with Crippen LogP contribution >= 0.6 is 15.9 Å². The Morgan fingerprint density at radius 2 is 0.345 bits per heavy atom. The molecule has 22 aromatic carbocycles. The maximum absolute atomic E-state index is 3.59. The molecule has 2 nitrogen and oxygen atoms in total. The number of anilines is 5. The van der Waals surface area contributed by atoms with E-state index in [0.29, 0.717) is 0 Å². The molecular weight excluding hydrogens is 1500 g/mol. The highest BCUT2D eigenvalue weighted by atomic mass is 79.9. The maximum Gasteiger partial charge on any atom is 0.0462 e. The smallest absolute Gasteiger partial charge is 0.0462 e. The number of rotatable bonds is 13. The van der Waals surface area contributed by atoms with Crippen molar-refractivity contribution >= 4 is 131 Å². The molecule has 560 valence electrons. The summed E-state index contributed by atoms with van der Waals surface area (Å²) in [6.07, 6.45) is 0. The second-order valence-electron chi connectivity index (χ2n) is 30.3. The molecule has 3 heteroatoms. The van der Waals surface area contributed by atoms with Gasteiger partial charge in [0, 0.05) is 32.9 Å². The van der Waals surface area contributed by atoms with Crippen LogP contribution in [0.2, 0.25) is 0 Å². The van der Waals surface area contributed by atoms with Gasteiger partial charge in [-0.3, -0.25) is 0 Å². The molecule has 0 aliphatic carbocycles. The summed E-state index contributed by atoms with van der Waals surface area (Å²) in [7, 11) is 0. The second-order valence-corrected chi connectivity index (χ2v) is 31.3. The minimum absolute atomic E-state index is 1.07. The first-order valence-corrected chi connectivity index (χ1v) is 41.5. The lowest BCUT2D eigenvalue weighted by atomic mass is 9.93. The number of hydrogen-bond acceptors (Lipinski definition) is 2. The molecule has 0 spiro atoms. The fourth-order valence-electron chi connectivity index (χ4n) is 17.5. The summed E-state index contributed by atoms with van der Waals surface area (Å²) in [5.74, 6) is 0. The molecule has 0 heterocycles. The molecule has 0 saturated heterocycles. The molecule has 1 N–H and O–H groups in total. The highest BCUT2D eigenvalue weighted by Crippen LogP contribution is 2.45. The Morgan fingerprint density at radius 1 is 0.151 bits per heavy atom. The van der Waals surface area contributed by atoms with Gasteiger partial charge in [0.2, 0.25) is 0 Å². The van der Waals surface area contributed by atoms with Gasteiger partial charge in [0.25, 0.3) is 0 Å². The predicted octanol–water partition coefficient (Wildman–Crippen LogP) is 33.6. The van der Waals surface area contributed by atoms with Crippen molar-refractivity contribution in [2.45, 2.75) is 0 Å². The third kappa shape index (κ3) is 14.7. The lowest BCUT2D eigenvalue weighted by Gasteiger charge is -2.26. The number of fused-ring (bicyclic) bond motifs is 12. The van der Waals surface area contributed by atoms with Crippen molar-refractivity contribution < 1.29 is 0 Å². The predicted molar refractivity (Wildman–Crippen MR) is 515 cm³/mol. The van der Waals surface area contributed by atoms with E-state index in [1.807, 2.05) is 6.07 Å². The lowest BCUT2D eigenvalue weighted by molar-refractivity contribution is 1.28. The van der Waals surface area contributed by atoms with Crippen molar-refractivity contribution in [1.29, 1.82) is 0 Å². The molecule has 0 amide bonds. The number of hydrogen-bond donors (Lipinski definition) is 1. The highest BCUT2D eigenvalue weighted by molar-refractivity contribution is 9.10. The fraction of sp³-hybridized carbons (Fsp3) is 0. The standard InChI is InChI=1S/C58H39N.C40H27N.C18H13Br/c1-2-14-40(15-3-1)49-18-8-9-19-50(49)41-26-32-46(33-27-41)59(47-34-28-42(29-35-47)57-38-44-16-4-6-20-51(44)53-22-10-12-24-55(53)57)48-36-30-43(31-37-48)58-39-45-17-5-7-21-52(45)54-23-11-13-25-56(54)58;1-3-11-33-29(9-1)25-39(37-15-7-5-13-35(33)37)27-17-21-31(22-18-27)41-32-23-19-28(20-24-32)40-26-30-10-2-4-12-34(30)36-14-6-8-16-38(36)40;19-16-12-10-15(11-13-16)18-9-5-4-8-17(18)14-6-2-1-3-7-14/h1-39H;1-26,41H;1-13H. The summed E-state index contributed by atoms with van der Waals surface area (Å²) in [6, 6.07) is 170. The van der Waals surface area contributed by atoms with Gasteiger partial charge in [-0.1, -0.05) is 392 Å². The van der Waals surface area contributed by atoms with Crippen molar-refractivity contribution in [3.05, 3.63) is 478 Å². The van der Waals surface area contributed by atoms with E-state index in [1.54, 1.807) is 0 Å². The first-order chi connectivity index (χ1) is 58.9. The van der Waals surface area contributed by atoms with E-state index in [1.165, 1.54) is 175 Å². The van der Waals surface area contributed by atoms with Gasteiger partial charge in [0.1, 0.15) is 0 Å². The zero-order chi connectivity index (χ0) is 79.4. The molecule has 0 fully saturated rings. The number of benzene rings is 22. The fourth-order valence-corrected chi connectivity index (χ4v) is 17.7. The first-order valence-electron chi connectivity index (χ1n) is 40.7. The Morgan fingerprint density at radius 3 is 0.613 bits per heavy atom. The van der Waals surface area contributed by atoms with Crippen LogP contribution in [0.5, 0.6) is 0 Å². The lowest BCUT2D eigenvalue weighted by Crippen LogP contribution is -2.09. The topological polar surface area (TPSA) is 15.3 Å². The van der Waals surface area contributed by atoms with Gasteiger partial charge < -0.3 is 10.2 Å². The summed E-state index contributed by atoms with van der Waals surface area (Å²) in [6.45, 7) is 0. The second kappa shape index (κ2) is 32.7. The van der Waals surface area contributed by atoms with Crippen LogP contribution in [0.4, 0.5) is 28.4 Å². The average Bonchev–Trinajstić information content (AvgIpc) is 0.774. The van der Waals surface area contributed by atoms with Crippen LogP contribution in [0.3, 0.4) is 0 Å². The molecular formula is C116H79BrN2. The molecule has 0 bridgehead atoms. The SMILES string of the molecule is Brc1ccc(-c2ccccc2-c2ccccc2)cc1.c1ccc(-c2ccccc2-c2ccc(N(c3ccc(-c4cc5ccccc5c5ccccc45)cc3)c3ccc(-c4cc5ccccc5c5ccccc45)cc3)cc2)cc1.c1ccc2c(c1)cc(-c1ccc(Nc3ccc(-c4cc5ccccc5c5ccccc45)cc3)cc1)c1ccccc12. The molecule has 0 atom stereocenters. The van der Waals surface area contributed by atoms with E-state index in [-0.39, 0.29) is 0 Å². The minimum atomic E-state index is 1.07. The molecule has 22 aromatic rings. The van der Waals surface area contributed by atoms with Crippen LogP contribution in [0.15, 0.2) is 478 Å². The Hall–Kier alpha value is -15.0. The summed E-state index contributed by atoms with van der Waals surface area (Å²) < 4.78 is 1.11. The van der Waals surface area contributed by atoms with Crippen LogP contribution in [0, 0.1) is 0 Å². The average molecular weight is 1580 g/mol. The molecule has 0 radical (unpaired) electrons. The third-order valence-electron chi connectivity index (χ3n) is 23.2. The van der Waals surface area contributed by atoms with Crippen molar-refractivity contribution in [3.8, 4) is 89.0 Å². The summed E-state index contributed by atoms with van der Waals surface area (Å²) in [5.41, 5.74) is 25.1. The molecule has 119 heavy (non-hydrogen) atoms. The van der Waals surface area contributed by atoms with Crippen molar-refractivity contribution in [1.82, 2.24) is 0 Å². The molecule has 0 saturated carbocycles.